The fraction of sp³-hybridized carbons (Fsp3) is 0.300. The molecule has 1 aromatic carbocycles. The van der Waals surface area contributed by atoms with Gasteiger partial charge in [0.2, 0.25) is 5.91 Å². The first kappa shape index (κ1) is 16.4. The van der Waals surface area contributed by atoms with Gasteiger partial charge in [0.15, 0.2) is 0 Å². The van der Waals surface area contributed by atoms with Crippen LogP contribution in [-0.4, -0.2) is 54.1 Å². The van der Waals surface area contributed by atoms with Crippen LogP contribution in [0.25, 0.3) is 10.9 Å². The van der Waals surface area contributed by atoms with Crippen molar-refractivity contribution in [2.75, 3.05) is 38.2 Å². The summed E-state index contributed by atoms with van der Waals surface area (Å²) in [4.78, 5) is 24.5. The number of anilines is 1. The van der Waals surface area contributed by atoms with E-state index in [1.165, 1.54) is 0 Å². The molecule has 1 saturated heterocycles. The molecule has 2 aromatic heterocycles. The first-order chi connectivity index (χ1) is 12.7. The Bertz CT molecular complexity index is 899. The maximum absolute atomic E-state index is 12.8. The van der Waals surface area contributed by atoms with Crippen molar-refractivity contribution in [1.82, 2.24) is 14.9 Å². The number of aromatic amines is 1. The maximum Gasteiger partial charge on any atom is 0.227 e. The van der Waals surface area contributed by atoms with Crippen LogP contribution in [0.3, 0.4) is 0 Å². The van der Waals surface area contributed by atoms with E-state index in [1.54, 1.807) is 13.3 Å². The Morgan fingerprint density at radius 2 is 2.04 bits per heavy atom. The van der Waals surface area contributed by atoms with Crippen molar-refractivity contribution in [3.8, 4) is 5.75 Å². The number of carbonyl (C=O) groups excluding carboxylic acids is 1. The zero-order valence-corrected chi connectivity index (χ0v) is 14.8. The summed E-state index contributed by atoms with van der Waals surface area (Å²) in [5, 5.41) is 1.05. The molecule has 3 aromatic rings. The molecule has 6 heteroatoms. The van der Waals surface area contributed by atoms with E-state index >= 15 is 0 Å². The number of benzene rings is 1. The second-order valence-corrected chi connectivity index (χ2v) is 6.46. The largest absolute Gasteiger partial charge is 0.497 e. The Morgan fingerprint density at radius 3 is 2.77 bits per heavy atom. The third-order valence-electron chi connectivity index (χ3n) is 4.92. The lowest BCUT2D eigenvalue weighted by Crippen LogP contribution is -2.49. The second kappa shape index (κ2) is 7.07. The average Bonchev–Trinajstić information content (AvgIpc) is 3.10. The van der Waals surface area contributed by atoms with Gasteiger partial charge in [-0.2, -0.15) is 0 Å². The predicted molar refractivity (Wildman–Crippen MR) is 102 cm³/mol. The highest BCUT2D eigenvalue weighted by Crippen LogP contribution is 2.24. The summed E-state index contributed by atoms with van der Waals surface area (Å²) in [6.07, 6.45) is 4.13. The number of nitrogens with one attached hydrogen (secondary N) is 1. The quantitative estimate of drug-likeness (QED) is 0.785. The number of hydrogen-bond donors (Lipinski definition) is 1. The summed E-state index contributed by atoms with van der Waals surface area (Å²) in [6, 6.07) is 11.8. The minimum atomic E-state index is 0.161. The van der Waals surface area contributed by atoms with Gasteiger partial charge >= 0.3 is 0 Å². The lowest BCUT2D eigenvalue weighted by atomic mass is 10.1. The van der Waals surface area contributed by atoms with Crippen LogP contribution >= 0.6 is 0 Å². The van der Waals surface area contributed by atoms with Crippen LogP contribution in [0.15, 0.2) is 48.8 Å². The zero-order valence-electron chi connectivity index (χ0n) is 14.8. The lowest BCUT2D eigenvalue weighted by Gasteiger charge is -2.35. The van der Waals surface area contributed by atoms with E-state index < -0.39 is 0 Å². The smallest absolute Gasteiger partial charge is 0.227 e. The van der Waals surface area contributed by atoms with Gasteiger partial charge in [-0.1, -0.05) is 6.07 Å². The molecular weight excluding hydrogens is 328 g/mol. The van der Waals surface area contributed by atoms with E-state index in [4.69, 9.17) is 4.74 Å². The molecule has 6 nitrogen and oxygen atoms in total. The molecule has 4 rings (SSSR count). The summed E-state index contributed by atoms with van der Waals surface area (Å²) in [7, 11) is 1.65. The fourth-order valence-electron chi connectivity index (χ4n) is 3.43. The van der Waals surface area contributed by atoms with Crippen molar-refractivity contribution in [2.24, 2.45) is 0 Å². The number of nitrogens with zero attached hydrogens (tertiary/aromatic N) is 3. The number of rotatable bonds is 4. The van der Waals surface area contributed by atoms with Gasteiger partial charge < -0.3 is 19.5 Å². The predicted octanol–water partition coefficient (Wildman–Crippen LogP) is 2.46. The van der Waals surface area contributed by atoms with E-state index in [0.717, 1.165) is 54.2 Å². The molecule has 0 aliphatic carbocycles. The number of hydrogen-bond acceptors (Lipinski definition) is 4. The summed E-state index contributed by atoms with van der Waals surface area (Å²) in [5.41, 5.74) is 2.03. The number of H-pyrrole nitrogens is 1. The molecule has 0 atom stereocenters. The van der Waals surface area contributed by atoms with Crippen molar-refractivity contribution in [3.63, 3.8) is 0 Å². The first-order valence-corrected chi connectivity index (χ1v) is 8.82. The number of amides is 1. The minimum absolute atomic E-state index is 0.161. The van der Waals surface area contributed by atoms with Crippen LogP contribution in [0.2, 0.25) is 0 Å². The molecule has 1 aliphatic rings. The fourth-order valence-corrected chi connectivity index (χ4v) is 3.43. The average molecular weight is 350 g/mol. The molecule has 3 heterocycles. The van der Waals surface area contributed by atoms with Gasteiger partial charge in [0.05, 0.1) is 13.5 Å². The van der Waals surface area contributed by atoms with E-state index in [2.05, 4.69) is 14.9 Å². The molecule has 1 fully saturated rings. The number of carbonyl (C=O) groups is 1. The summed E-state index contributed by atoms with van der Waals surface area (Å²) >= 11 is 0. The normalized spacial score (nSPS) is 14.7. The van der Waals surface area contributed by atoms with Gasteiger partial charge in [-0.3, -0.25) is 4.79 Å². The Labute approximate surface area is 152 Å². The number of methoxy groups -OCH3 is 1. The third-order valence-corrected chi connectivity index (χ3v) is 4.92. The Morgan fingerprint density at radius 1 is 1.19 bits per heavy atom. The second-order valence-electron chi connectivity index (χ2n) is 6.46. The lowest BCUT2D eigenvalue weighted by molar-refractivity contribution is -0.130. The number of piperazine rings is 1. The third kappa shape index (κ3) is 3.22. The summed E-state index contributed by atoms with van der Waals surface area (Å²) in [5.74, 6) is 1.94. The molecule has 134 valence electrons. The monoisotopic (exact) mass is 350 g/mol. The number of aromatic nitrogens is 2. The van der Waals surface area contributed by atoms with Gasteiger partial charge in [0.25, 0.3) is 0 Å². The first-order valence-electron chi connectivity index (χ1n) is 8.82. The number of ether oxygens (including phenoxy) is 1. The number of pyridine rings is 1. The van der Waals surface area contributed by atoms with Gasteiger partial charge in [0.1, 0.15) is 11.6 Å². The van der Waals surface area contributed by atoms with Crippen molar-refractivity contribution >= 4 is 22.6 Å². The van der Waals surface area contributed by atoms with Crippen LogP contribution in [0.1, 0.15) is 5.56 Å². The zero-order chi connectivity index (χ0) is 17.9. The Kier molecular flexibility index (Phi) is 4.48. The van der Waals surface area contributed by atoms with E-state index in [-0.39, 0.29) is 5.91 Å². The van der Waals surface area contributed by atoms with Crippen molar-refractivity contribution in [2.45, 2.75) is 6.42 Å². The van der Waals surface area contributed by atoms with Crippen LogP contribution in [-0.2, 0) is 11.2 Å². The molecule has 1 N–H and O–H groups in total. The van der Waals surface area contributed by atoms with E-state index in [9.17, 15) is 4.79 Å². The minimum Gasteiger partial charge on any atom is -0.497 e. The molecular formula is C20H22N4O2. The topological polar surface area (TPSA) is 61.5 Å². The standard InChI is InChI=1S/C20H22N4O2/c1-26-16-5-6-18-17(13-16)15(14-22-18)12-20(25)24-10-8-23(9-11-24)19-4-2-3-7-21-19/h2-7,13-14,22H,8-12H2,1H3. The van der Waals surface area contributed by atoms with Crippen molar-refractivity contribution in [1.29, 1.82) is 0 Å². The van der Waals surface area contributed by atoms with Crippen molar-refractivity contribution < 1.29 is 9.53 Å². The van der Waals surface area contributed by atoms with Gasteiger partial charge in [0, 0.05) is 49.5 Å². The van der Waals surface area contributed by atoms with Gasteiger partial charge in [-0.25, -0.2) is 4.98 Å². The highest BCUT2D eigenvalue weighted by Gasteiger charge is 2.22. The van der Waals surface area contributed by atoms with Crippen LogP contribution < -0.4 is 9.64 Å². The van der Waals surface area contributed by atoms with E-state index in [1.807, 2.05) is 47.5 Å². The number of fused-ring (bicyclic) bond motifs is 1. The van der Waals surface area contributed by atoms with Crippen LogP contribution in [0.5, 0.6) is 5.75 Å². The Balaban J connectivity index is 1.42. The molecule has 0 unspecified atom stereocenters. The molecule has 1 amide bonds. The summed E-state index contributed by atoms with van der Waals surface area (Å²) < 4.78 is 5.30. The maximum atomic E-state index is 12.8. The molecule has 0 spiro atoms. The molecule has 26 heavy (non-hydrogen) atoms. The van der Waals surface area contributed by atoms with Gasteiger partial charge in [-0.15, -0.1) is 0 Å². The summed E-state index contributed by atoms with van der Waals surface area (Å²) in [6.45, 7) is 3.07. The highest BCUT2D eigenvalue weighted by atomic mass is 16.5. The van der Waals surface area contributed by atoms with Crippen LogP contribution in [0.4, 0.5) is 5.82 Å². The molecule has 0 bridgehead atoms. The van der Waals surface area contributed by atoms with Crippen LogP contribution in [0, 0.1) is 0 Å². The van der Waals surface area contributed by atoms with Crippen molar-refractivity contribution in [3.05, 3.63) is 54.4 Å². The van der Waals surface area contributed by atoms with Gasteiger partial charge in [-0.05, 0) is 35.9 Å². The molecule has 1 aliphatic heterocycles. The molecule has 0 saturated carbocycles. The SMILES string of the molecule is COc1ccc2[nH]cc(CC(=O)N3CCN(c4ccccn4)CC3)c2c1. The van der Waals surface area contributed by atoms with E-state index in [0.29, 0.717) is 6.42 Å². The molecule has 0 radical (unpaired) electrons. The highest BCUT2D eigenvalue weighted by molar-refractivity contribution is 5.89. The Hall–Kier alpha value is -3.02.